The van der Waals surface area contributed by atoms with Gasteiger partial charge < -0.3 is 10.1 Å². The van der Waals surface area contributed by atoms with E-state index in [9.17, 15) is 14.4 Å². The third-order valence-corrected chi connectivity index (χ3v) is 6.77. The lowest BCUT2D eigenvalue weighted by Crippen LogP contribution is -2.35. The van der Waals surface area contributed by atoms with Gasteiger partial charge in [-0.1, -0.05) is 24.6 Å². The summed E-state index contributed by atoms with van der Waals surface area (Å²) in [5.41, 5.74) is 3.39. The van der Waals surface area contributed by atoms with Gasteiger partial charge in [0.05, 0.1) is 12.8 Å². The lowest BCUT2D eigenvalue weighted by atomic mass is 10.1. The van der Waals surface area contributed by atoms with Gasteiger partial charge in [0.2, 0.25) is 0 Å². The molecule has 0 aliphatic carbocycles. The molecule has 1 aromatic carbocycles. The first-order valence-electron chi connectivity index (χ1n) is 11.2. The number of fused-ring (bicyclic) bond motifs is 1. The number of benzene rings is 1. The first kappa shape index (κ1) is 25.5. The van der Waals surface area contributed by atoms with Crippen LogP contribution >= 0.6 is 23.4 Å². The van der Waals surface area contributed by atoms with Gasteiger partial charge in [0.1, 0.15) is 11.0 Å². The van der Waals surface area contributed by atoms with E-state index in [1.807, 2.05) is 25.1 Å². The summed E-state index contributed by atoms with van der Waals surface area (Å²) in [5, 5.41) is 7.44. The Morgan fingerprint density at radius 1 is 1.22 bits per heavy atom. The van der Waals surface area contributed by atoms with Crippen LogP contribution in [0.15, 0.2) is 46.0 Å². The lowest BCUT2D eigenvalue weighted by Gasteiger charge is -2.11. The maximum Gasteiger partial charge on any atom is 0.358 e. The number of thioether (sulfide) groups is 1. The predicted molar refractivity (Wildman–Crippen MR) is 141 cm³/mol. The average molecular weight is 529 g/mol. The summed E-state index contributed by atoms with van der Waals surface area (Å²) >= 11 is 7.38. The molecule has 3 aromatic heterocycles. The highest BCUT2D eigenvalue weighted by atomic mass is 35.5. The van der Waals surface area contributed by atoms with Crippen molar-refractivity contribution < 1.29 is 9.53 Å². The molecule has 0 unspecified atom stereocenters. The molecular weight excluding hydrogens is 504 g/mol. The molecule has 2 N–H and O–H groups in total. The summed E-state index contributed by atoms with van der Waals surface area (Å²) in [4.78, 5) is 44.7. The van der Waals surface area contributed by atoms with Gasteiger partial charge >= 0.3 is 11.7 Å². The van der Waals surface area contributed by atoms with E-state index in [0.717, 1.165) is 16.7 Å². The highest BCUT2D eigenvalue weighted by Gasteiger charge is 2.21. The number of halogens is 1. The molecular formula is C24H25ClN6O4S. The van der Waals surface area contributed by atoms with E-state index < -0.39 is 17.2 Å². The first-order chi connectivity index (χ1) is 17.3. The number of imidazole rings is 1. The molecule has 4 aromatic rings. The number of hydrogen-bond acceptors (Lipinski definition) is 8. The normalized spacial score (nSPS) is 11.1. The summed E-state index contributed by atoms with van der Waals surface area (Å²) in [6.45, 7) is 4.31. The molecule has 188 valence electrons. The maximum absolute atomic E-state index is 12.6. The molecule has 0 saturated heterocycles. The van der Waals surface area contributed by atoms with Crippen LogP contribution in [-0.4, -0.2) is 43.0 Å². The number of rotatable bonds is 9. The summed E-state index contributed by atoms with van der Waals surface area (Å²) in [5.74, 6) is 0.544. The Bertz CT molecular complexity index is 1510. The van der Waals surface area contributed by atoms with Crippen molar-refractivity contribution in [3.05, 3.63) is 84.9 Å². The van der Waals surface area contributed by atoms with Gasteiger partial charge in [-0.25, -0.2) is 19.1 Å². The summed E-state index contributed by atoms with van der Waals surface area (Å²) in [6.07, 6.45) is 0.886. The third kappa shape index (κ3) is 5.47. The lowest BCUT2D eigenvalue weighted by molar-refractivity contribution is 0.0590. The van der Waals surface area contributed by atoms with Gasteiger partial charge in [-0.2, -0.15) is 16.9 Å². The number of esters is 1. The zero-order chi connectivity index (χ0) is 25.8. The minimum atomic E-state index is -0.580. The molecule has 10 nitrogen and oxygen atoms in total. The highest BCUT2D eigenvalue weighted by molar-refractivity contribution is 7.98. The number of ether oxygens (including phenoxy) is 1. The summed E-state index contributed by atoms with van der Waals surface area (Å²) in [6, 6.07) is 10.5. The Morgan fingerprint density at radius 2 is 2.03 bits per heavy atom. The van der Waals surface area contributed by atoms with E-state index in [0.29, 0.717) is 28.7 Å². The summed E-state index contributed by atoms with van der Waals surface area (Å²) in [7, 11) is 1.28. The Hall–Kier alpha value is -3.57. The van der Waals surface area contributed by atoms with Gasteiger partial charge in [-0.15, -0.1) is 0 Å². The molecule has 0 atom stereocenters. The smallest absolute Gasteiger partial charge is 0.358 e. The molecule has 0 radical (unpaired) electrons. The Kier molecular flexibility index (Phi) is 7.80. The van der Waals surface area contributed by atoms with E-state index in [1.54, 1.807) is 12.1 Å². The van der Waals surface area contributed by atoms with Crippen LogP contribution in [0.2, 0.25) is 5.15 Å². The Balaban J connectivity index is 1.44. The van der Waals surface area contributed by atoms with E-state index >= 15 is 0 Å². The second kappa shape index (κ2) is 11.0. The van der Waals surface area contributed by atoms with Crippen molar-refractivity contribution in [1.82, 2.24) is 24.1 Å². The molecule has 0 fully saturated rings. The zero-order valence-corrected chi connectivity index (χ0v) is 21.6. The molecule has 0 aliphatic rings. The standard InChI is InChI=1S/C24H25ClN6O4S/c1-4-15-11-16(6-5-14(15)2)26-19-12-21(32)30(24(34)28-19)9-10-36-13-17-22(23(33)35-3)31-20(27-17)8-7-18(25)29-31/h5-8,11-12,26H,4,9-10,13H2,1-3H3,(H,28,34). The molecule has 0 amide bonds. The number of carbonyl (C=O) groups is 1. The number of anilines is 2. The van der Waals surface area contributed by atoms with E-state index in [4.69, 9.17) is 16.3 Å². The van der Waals surface area contributed by atoms with E-state index in [-0.39, 0.29) is 17.4 Å². The van der Waals surface area contributed by atoms with Crippen molar-refractivity contribution in [2.75, 3.05) is 18.2 Å². The SMILES string of the molecule is CCc1cc(Nc2cc(=O)n(CCSCc3nc4ccc(Cl)nn4c3C(=O)OC)c(=O)[nH]2)ccc1C. The molecule has 4 rings (SSSR count). The van der Waals surface area contributed by atoms with Crippen LogP contribution in [-0.2, 0) is 23.5 Å². The molecule has 12 heteroatoms. The first-order valence-corrected chi connectivity index (χ1v) is 12.7. The fraction of sp³-hybridized carbons (Fsp3) is 0.292. The van der Waals surface area contributed by atoms with Crippen LogP contribution in [0.1, 0.15) is 34.2 Å². The topological polar surface area (TPSA) is 123 Å². The van der Waals surface area contributed by atoms with Gasteiger partial charge in [-0.3, -0.25) is 14.3 Å². The second-order valence-corrected chi connectivity index (χ2v) is 9.47. The molecule has 0 saturated carbocycles. The van der Waals surface area contributed by atoms with Gasteiger partial charge in [0.25, 0.3) is 5.56 Å². The number of H-pyrrole nitrogens is 1. The quantitative estimate of drug-likeness (QED) is 0.250. The number of nitrogens with zero attached hydrogens (tertiary/aromatic N) is 4. The molecule has 3 heterocycles. The van der Waals surface area contributed by atoms with Crippen molar-refractivity contribution >= 4 is 46.5 Å². The predicted octanol–water partition coefficient (Wildman–Crippen LogP) is 3.57. The number of methoxy groups -OCH3 is 1. The van der Waals surface area contributed by atoms with Crippen molar-refractivity contribution in [3.8, 4) is 0 Å². The largest absolute Gasteiger partial charge is 0.464 e. The number of aromatic amines is 1. The number of nitrogens with one attached hydrogen (secondary N) is 2. The monoisotopic (exact) mass is 528 g/mol. The molecule has 36 heavy (non-hydrogen) atoms. The number of aryl methyl sites for hydroxylation is 2. The minimum absolute atomic E-state index is 0.189. The average Bonchev–Trinajstić information content (AvgIpc) is 3.21. The Morgan fingerprint density at radius 3 is 2.75 bits per heavy atom. The fourth-order valence-corrected chi connectivity index (χ4v) is 4.76. The van der Waals surface area contributed by atoms with Gasteiger partial charge in [-0.05, 0) is 48.7 Å². The highest BCUT2D eigenvalue weighted by Crippen LogP contribution is 2.20. The molecule has 0 aliphatic heterocycles. The van der Waals surface area contributed by atoms with Crippen molar-refractivity contribution in [2.24, 2.45) is 0 Å². The Labute approximate surface area is 215 Å². The van der Waals surface area contributed by atoms with Crippen LogP contribution in [0.4, 0.5) is 11.5 Å². The minimum Gasteiger partial charge on any atom is -0.464 e. The van der Waals surface area contributed by atoms with E-state index in [1.165, 1.54) is 40.6 Å². The van der Waals surface area contributed by atoms with Crippen LogP contribution in [0.25, 0.3) is 5.65 Å². The number of aromatic nitrogens is 5. The van der Waals surface area contributed by atoms with Crippen molar-refractivity contribution in [1.29, 1.82) is 0 Å². The van der Waals surface area contributed by atoms with Crippen LogP contribution in [0.3, 0.4) is 0 Å². The zero-order valence-electron chi connectivity index (χ0n) is 20.0. The summed E-state index contributed by atoms with van der Waals surface area (Å²) < 4.78 is 7.36. The number of carbonyl (C=O) groups excluding carboxylic acids is 1. The maximum atomic E-state index is 12.6. The second-order valence-electron chi connectivity index (χ2n) is 7.98. The van der Waals surface area contributed by atoms with Crippen molar-refractivity contribution in [2.45, 2.75) is 32.6 Å². The van der Waals surface area contributed by atoms with Gasteiger partial charge in [0, 0.05) is 29.8 Å². The number of hydrogen-bond donors (Lipinski definition) is 2. The third-order valence-electron chi connectivity index (χ3n) is 5.62. The fourth-order valence-electron chi connectivity index (χ4n) is 3.77. The van der Waals surface area contributed by atoms with Crippen molar-refractivity contribution in [3.63, 3.8) is 0 Å². The van der Waals surface area contributed by atoms with Gasteiger partial charge in [0.15, 0.2) is 11.3 Å². The molecule has 0 bridgehead atoms. The van der Waals surface area contributed by atoms with Crippen LogP contribution in [0.5, 0.6) is 0 Å². The van der Waals surface area contributed by atoms with Crippen LogP contribution in [0, 0.1) is 6.92 Å². The van der Waals surface area contributed by atoms with Crippen LogP contribution < -0.4 is 16.6 Å². The van der Waals surface area contributed by atoms with E-state index in [2.05, 4.69) is 27.3 Å². The molecule has 0 spiro atoms.